The van der Waals surface area contributed by atoms with Crippen molar-refractivity contribution >= 4 is 5.97 Å². The van der Waals surface area contributed by atoms with Crippen LogP contribution in [-0.4, -0.2) is 37.5 Å². The second-order valence-corrected chi connectivity index (χ2v) is 5.76. The van der Waals surface area contributed by atoms with E-state index in [1.807, 2.05) is 0 Å². The van der Waals surface area contributed by atoms with Gasteiger partial charge in [0.15, 0.2) is 6.10 Å². The lowest BCUT2D eigenvalue weighted by atomic mass is 10.1. The van der Waals surface area contributed by atoms with Gasteiger partial charge in [0.05, 0.1) is 21.3 Å². The van der Waals surface area contributed by atoms with Gasteiger partial charge in [0.1, 0.15) is 22.8 Å². The van der Waals surface area contributed by atoms with Gasteiger partial charge in [0.25, 0.3) is 5.89 Å². The van der Waals surface area contributed by atoms with Crippen molar-refractivity contribution in [3.63, 3.8) is 0 Å². The Hall–Kier alpha value is -3.55. The number of carbonyl (C=O) groups is 1. The minimum atomic E-state index is -0.762. The largest absolute Gasteiger partial charge is 0.497 e. The number of ether oxygens (including phenoxy) is 4. The number of nitrogens with zero attached hydrogens (tertiary/aromatic N) is 2. The highest BCUT2D eigenvalue weighted by Crippen LogP contribution is 2.31. The summed E-state index contributed by atoms with van der Waals surface area (Å²) in [6.45, 7) is 1.64. The minimum Gasteiger partial charge on any atom is -0.497 e. The Morgan fingerprint density at radius 3 is 2.14 bits per heavy atom. The van der Waals surface area contributed by atoms with Gasteiger partial charge in [0.2, 0.25) is 5.89 Å². The molecule has 28 heavy (non-hydrogen) atoms. The zero-order valence-corrected chi connectivity index (χ0v) is 16.0. The third-order valence-corrected chi connectivity index (χ3v) is 4.04. The van der Waals surface area contributed by atoms with Gasteiger partial charge in [-0.2, -0.15) is 0 Å². The van der Waals surface area contributed by atoms with Crippen LogP contribution in [0.25, 0.3) is 11.5 Å². The van der Waals surface area contributed by atoms with Crippen LogP contribution in [0.1, 0.15) is 29.3 Å². The average molecular weight is 384 g/mol. The molecule has 3 aromatic rings. The van der Waals surface area contributed by atoms with Crippen LogP contribution in [-0.2, 0) is 4.74 Å². The average Bonchev–Trinajstić information content (AvgIpc) is 3.23. The van der Waals surface area contributed by atoms with E-state index in [0.29, 0.717) is 17.4 Å². The molecule has 0 saturated heterocycles. The summed E-state index contributed by atoms with van der Waals surface area (Å²) < 4.78 is 26.7. The van der Waals surface area contributed by atoms with Crippen molar-refractivity contribution in [2.24, 2.45) is 0 Å². The molecule has 2 aromatic carbocycles. The van der Waals surface area contributed by atoms with Crippen molar-refractivity contribution < 1.29 is 28.2 Å². The molecular weight excluding hydrogens is 364 g/mol. The molecule has 1 unspecified atom stereocenters. The van der Waals surface area contributed by atoms with Gasteiger partial charge in [-0.25, -0.2) is 4.79 Å². The van der Waals surface area contributed by atoms with Crippen molar-refractivity contribution in [3.05, 3.63) is 53.9 Å². The van der Waals surface area contributed by atoms with E-state index in [-0.39, 0.29) is 11.5 Å². The van der Waals surface area contributed by atoms with Crippen LogP contribution in [0.3, 0.4) is 0 Å². The fourth-order valence-corrected chi connectivity index (χ4v) is 2.57. The van der Waals surface area contributed by atoms with Crippen LogP contribution < -0.4 is 14.2 Å². The van der Waals surface area contributed by atoms with E-state index < -0.39 is 12.1 Å². The first-order chi connectivity index (χ1) is 13.6. The van der Waals surface area contributed by atoms with E-state index in [0.717, 1.165) is 11.3 Å². The minimum absolute atomic E-state index is 0.174. The van der Waals surface area contributed by atoms with Gasteiger partial charge in [-0.1, -0.05) is 6.07 Å². The predicted molar refractivity (Wildman–Crippen MR) is 99.7 cm³/mol. The third-order valence-electron chi connectivity index (χ3n) is 4.04. The smallest absolute Gasteiger partial charge is 0.346 e. The Labute approximate surface area is 162 Å². The van der Waals surface area contributed by atoms with E-state index in [2.05, 4.69) is 10.2 Å². The van der Waals surface area contributed by atoms with E-state index >= 15 is 0 Å². The quantitative estimate of drug-likeness (QED) is 0.570. The summed E-state index contributed by atoms with van der Waals surface area (Å²) in [5.74, 6) is 1.29. The fourth-order valence-electron chi connectivity index (χ4n) is 2.57. The molecule has 0 saturated carbocycles. The Kier molecular flexibility index (Phi) is 5.78. The Morgan fingerprint density at radius 1 is 0.929 bits per heavy atom. The standard InChI is InChI=1S/C20H20N2O6/c1-12(27-20(23)17-15(25-3)6-5-7-16(17)26-4)18-21-22-19(28-18)13-8-10-14(24-2)11-9-13/h5-12H,1-4H3. The number of methoxy groups -OCH3 is 3. The molecule has 0 radical (unpaired) electrons. The number of esters is 1. The van der Waals surface area contributed by atoms with Crippen LogP contribution in [0.4, 0.5) is 0 Å². The molecule has 146 valence electrons. The molecule has 8 heteroatoms. The highest BCUT2D eigenvalue weighted by atomic mass is 16.6. The summed E-state index contributed by atoms with van der Waals surface area (Å²) in [5.41, 5.74) is 0.915. The lowest BCUT2D eigenvalue weighted by molar-refractivity contribution is 0.0273. The lowest BCUT2D eigenvalue weighted by Crippen LogP contribution is -2.12. The van der Waals surface area contributed by atoms with E-state index in [1.165, 1.54) is 14.2 Å². The number of benzene rings is 2. The van der Waals surface area contributed by atoms with Crippen molar-refractivity contribution in [2.45, 2.75) is 13.0 Å². The number of hydrogen-bond donors (Lipinski definition) is 0. The van der Waals surface area contributed by atoms with Crippen molar-refractivity contribution in [1.29, 1.82) is 0 Å². The van der Waals surface area contributed by atoms with Crippen LogP contribution in [0.5, 0.6) is 17.2 Å². The summed E-state index contributed by atoms with van der Waals surface area (Å²) in [4.78, 5) is 12.6. The first-order valence-electron chi connectivity index (χ1n) is 8.47. The Morgan fingerprint density at radius 2 is 1.57 bits per heavy atom. The molecule has 0 amide bonds. The topological polar surface area (TPSA) is 92.9 Å². The van der Waals surface area contributed by atoms with Gasteiger partial charge < -0.3 is 23.4 Å². The fraction of sp³-hybridized carbons (Fsp3) is 0.250. The van der Waals surface area contributed by atoms with Gasteiger partial charge >= 0.3 is 5.97 Å². The zero-order chi connectivity index (χ0) is 20.1. The maximum Gasteiger partial charge on any atom is 0.346 e. The number of carbonyl (C=O) groups excluding carboxylic acids is 1. The summed E-state index contributed by atoms with van der Waals surface area (Å²) in [7, 11) is 4.52. The predicted octanol–water partition coefficient (Wildman–Crippen LogP) is 3.68. The summed E-state index contributed by atoms with van der Waals surface area (Å²) in [5, 5.41) is 7.99. The molecule has 3 rings (SSSR count). The highest BCUT2D eigenvalue weighted by molar-refractivity contribution is 5.95. The first kappa shape index (κ1) is 19.2. The normalized spacial score (nSPS) is 11.6. The molecule has 0 bridgehead atoms. The van der Waals surface area contributed by atoms with Crippen LogP contribution in [0.15, 0.2) is 46.9 Å². The van der Waals surface area contributed by atoms with E-state index in [4.69, 9.17) is 23.4 Å². The van der Waals surface area contributed by atoms with Crippen LogP contribution >= 0.6 is 0 Å². The molecule has 0 aliphatic carbocycles. The number of hydrogen-bond acceptors (Lipinski definition) is 8. The Balaban J connectivity index is 1.78. The molecular formula is C20H20N2O6. The molecule has 0 fully saturated rings. The second-order valence-electron chi connectivity index (χ2n) is 5.76. The summed E-state index contributed by atoms with van der Waals surface area (Å²) in [6.07, 6.45) is -0.762. The zero-order valence-electron chi connectivity index (χ0n) is 16.0. The van der Waals surface area contributed by atoms with E-state index in [1.54, 1.807) is 56.5 Å². The molecule has 0 aliphatic heterocycles. The molecule has 8 nitrogen and oxygen atoms in total. The molecule has 1 aromatic heterocycles. The monoisotopic (exact) mass is 384 g/mol. The van der Waals surface area contributed by atoms with Crippen LogP contribution in [0, 0.1) is 0 Å². The number of aromatic nitrogens is 2. The highest BCUT2D eigenvalue weighted by Gasteiger charge is 2.25. The van der Waals surface area contributed by atoms with E-state index in [9.17, 15) is 4.79 Å². The molecule has 1 heterocycles. The Bertz CT molecular complexity index is 929. The van der Waals surface area contributed by atoms with Crippen molar-refractivity contribution in [3.8, 4) is 28.7 Å². The van der Waals surface area contributed by atoms with Gasteiger partial charge in [-0.3, -0.25) is 0 Å². The summed E-state index contributed by atoms with van der Waals surface area (Å²) >= 11 is 0. The van der Waals surface area contributed by atoms with Crippen molar-refractivity contribution in [1.82, 2.24) is 10.2 Å². The third kappa shape index (κ3) is 3.90. The molecule has 0 aliphatic rings. The van der Waals surface area contributed by atoms with Crippen LogP contribution in [0.2, 0.25) is 0 Å². The lowest BCUT2D eigenvalue weighted by Gasteiger charge is -2.14. The maximum atomic E-state index is 12.6. The molecule has 0 spiro atoms. The number of rotatable bonds is 7. The maximum absolute atomic E-state index is 12.6. The first-order valence-corrected chi connectivity index (χ1v) is 8.47. The SMILES string of the molecule is COc1ccc(-c2nnc(C(C)OC(=O)c3c(OC)cccc3OC)o2)cc1. The molecule has 0 N–H and O–H groups in total. The second kappa shape index (κ2) is 8.43. The van der Waals surface area contributed by atoms with Gasteiger partial charge in [-0.05, 0) is 43.3 Å². The summed E-state index contributed by atoms with van der Waals surface area (Å²) in [6, 6.07) is 12.2. The molecule has 1 atom stereocenters. The van der Waals surface area contributed by atoms with Gasteiger partial charge in [-0.15, -0.1) is 10.2 Å². The van der Waals surface area contributed by atoms with Gasteiger partial charge in [0, 0.05) is 5.56 Å². The van der Waals surface area contributed by atoms with Crippen molar-refractivity contribution in [2.75, 3.05) is 21.3 Å².